The monoisotopic (exact) mass is 341 g/mol. The first-order valence-electron chi connectivity index (χ1n) is 5.87. The van der Waals surface area contributed by atoms with Crippen molar-refractivity contribution in [2.45, 2.75) is 19.9 Å². The van der Waals surface area contributed by atoms with Gasteiger partial charge in [0.05, 0.1) is 6.04 Å². The maximum Gasteiger partial charge on any atom is 0.128 e. The lowest BCUT2D eigenvalue weighted by Crippen LogP contribution is -2.15. The number of rotatable bonds is 2. The second-order valence-corrected chi connectivity index (χ2v) is 5.89. The third-order valence-corrected chi connectivity index (χ3v) is 4.26. The van der Waals surface area contributed by atoms with Crippen LogP contribution in [-0.2, 0) is 0 Å². The average molecular weight is 343 g/mol. The van der Waals surface area contributed by atoms with Crippen LogP contribution in [0.15, 0.2) is 34.8 Å². The molecule has 1 nitrogen and oxygen atoms in total. The predicted molar refractivity (Wildman–Crippen MR) is 81.1 cm³/mol. The molecule has 100 valence electrons. The van der Waals surface area contributed by atoms with Gasteiger partial charge in [0.15, 0.2) is 0 Å². The Morgan fingerprint density at radius 1 is 1.11 bits per heavy atom. The molecule has 0 bridgehead atoms. The van der Waals surface area contributed by atoms with Crippen LogP contribution >= 0.6 is 27.5 Å². The Labute approximate surface area is 125 Å². The summed E-state index contributed by atoms with van der Waals surface area (Å²) in [5.74, 6) is -0.336. The van der Waals surface area contributed by atoms with E-state index in [9.17, 15) is 4.39 Å². The highest BCUT2D eigenvalue weighted by molar-refractivity contribution is 9.10. The average Bonchev–Trinajstić information content (AvgIpc) is 2.36. The van der Waals surface area contributed by atoms with Gasteiger partial charge in [-0.25, -0.2) is 4.39 Å². The third kappa shape index (κ3) is 2.99. The van der Waals surface area contributed by atoms with Crippen LogP contribution in [0.25, 0.3) is 0 Å². The molecule has 0 amide bonds. The first-order chi connectivity index (χ1) is 8.90. The van der Waals surface area contributed by atoms with E-state index in [4.69, 9.17) is 17.3 Å². The summed E-state index contributed by atoms with van der Waals surface area (Å²) >= 11 is 9.39. The Hall–Kier alpha value is -0.900. The van der Waals surface area contributed by atoms with Gasteiger partial charge in [-0.2, -0.15) is 0 Å². The van der Waals surface area contributed by atoms with Crippen molar-refractivity contribution < 1.29 is 4.39 Å². The molecule has 0 fully saturated rings. The van der Waals surface area contributed by atoms with Crippen molar-refractivity contribution in [3.63, 3.8) is 0 Å². The van der Waals surface area contributed by atoms with Gasteiger partial charge in [0, 0.05) is 15.1 Å². The Morgan fingerprint density at radius 3 is 2.47 bits per heavy atom. The van der Waals surface area contributed by atoms with E-state index in [1.807, 2.05) is 26.0 Å². The molecule has 0 aromatic heterocycles. The smallest absolute Gasteiger partial charge is 0.128 e. The van der Waals surface area contributed by atoms with Crippen molar-refractivity contribution in [3.05, 3.63) is 67.9 Å². The molecule has 2 aromatic carbocycles. The second-order valence-electron chi connectivity index (χ2n) is 4.60. The zero-order valence-electron chi connectivity index (χ0n) is 10.7. The Kier molecular flexibility index (Phi) is 4.29. The van der Waals surface area contributed by atoms with Crippen molar-refractivity contribution >= 4 is 27.5 Å². The van der Waals surface area contributed by atoms with E-state index in [1.54, 1.807) is 6.07 Å². The van der Waals surface area contributed by atoms with Gasteiger partial charge in [0.25, 0.3) is 0 Å². The highest BCUT2D eigenvalue weighted by Crippen LogP contribution is 2.30. The lowest BCUT2D eigenvalue weighted by molar-refractivity contribution is 0.599. The third-order valence-electron chi connectivity index (χ3n) is 3.18. The molecule has 0 aliphatic carbocycles. The zero-order valence-corrected chi connectivity index (χ0v) is 13.0. The van der Waals surface area contributed by atoms with Gasteiger partial charge in [-0.1, -0.05) is 33.6 Å². The van der Waals surface area contributed by atoms with Crippen molar-refractivity contribution in [1.29, 1.82) is 0 Å². The number of benzene rings is 2. The molecular formula is C15H14BrClFN. The first-order valence-corrected chi connectivity index (χ1v) is 7.04. The van der Waals surface area contributed by atoms with Gasteiger partial charge < -0.3 is 5.73 Å². The van der Waals surface area contributed by atoms with Gasteiger partial charge in [-0.05, 0) is 54.8 Å². The first kappa shape index (κ1) is 14.5. The van der Waals surface area contributed by atoms with Crippen LogP contribution in [0.1, 0.15) is 28.3 Å². The maximum absolute atomic E-state index is 13.9. The van der Waals surface area contributed by atoms with Crippen molar-refractivity contribution in [2.24, 2.45) is 5.73 Å². The Bertz CT molecular complexity index is 628. The summed E-state index contributed by atoms with van der Waals surface area (Å²) < 4.78 is 14.9. The van der Waals surface area contributed by atoms with Gasteiger partial charge in [-0.3, -0.25) is 0 Å². The normalized spacial score (nSPS) is 12.5. The van der Waals surface area contributed by atoms with Crippen molar-refractivity contribution in [2.75, 3.05) is 0 Å². The van der Waals surface area contributed by atoms with E-state index < -0.39 is 6.04 Å². The van der Waals surface area contributed by atoms with E-state index in [1.165, 1.54) is 12.1 Å². The van der Waals surface area contributed by atoms with E-state index >= 15 is 0 Å². The molecule has 1 unspecified atom stereocenters. The fraction of sp³-hybridized carbons (Fsp3) is 0.200. The molecular weight excluding hydrogens is 329 g/mol. The van der Waals surface area contributed by atoms with Crippen LogP contribution in [0.2, 0.25) is 5.02 Å². The molecule has 2 rings (SSSR count). The summed E-state index contributed by atoms with van der Waals surface area (Å²) in [5.41, 5.74) is 9.60. The van der Waals surface area contributed by atoms with Crippen LogP contribution in [-0.4, -0.2) is 0 Å². The van der Waals surface area contributed by atoms with Crippen LogP contribution in [0.4, 0.5) is 4.39 Å². The van der Waals surface area contributed by atoms with Gasteiger partial charge >= 0.3 is 0 Å². The minimum absolute atomic E-state index is 0.336. The molecule has 2 aromatic rings. The van der Waals surface area contributed by atoms with Crippen LogP contribution in [0.5, 0.6) is 0 Å². The molecule has 0 radical (unpaired) electrons. The molecule has 19 heavy (non-hydrogen) atoms. The van der Waals surface area contributed by atoms with Gasteiger partial charge in [0.1, 0.15) is 5.82 Å². The summed E-state index contributed by atoms with van der Waals surface area (Å²) in [7, 11) is 0. The van der Waals surface area contributed by atoms with E-state index in [-0.39, 0.29) is 5.82 Å². The molecule has 0 aliphatic heterocycles. The zero-order chi connectivity index (χ0) is 14.2. The molecule has 1 atom stereocenters. The van der Waals surface area contributed by atoms with E-state index in [0.29, 0.717) is 10.6 Å². The number of aryl methyl sites for hydroxylation is 2. The molecule has 4 heteroatoms. The van der Waals surface area contributed by atoms with Gasteiger partial charge in [-0.15, -0.1) is 0 Å². The summed E-state index contributed by atoms with van der Waals surface area (Å²) in [6, 6.07) is 7.90. The number of hydrogen-bond donors (Lipinski definition) is 1. The van der Waals surface area contributed by atoms with Crippen molar-refractivity contribution in [1.82, 2.24) is 0 Å². The summed E-state index contributed by atoms with van der Waals surface area (Å²) in [6.45, 7) is 3.94. The molecule has 0 aliphatic rings. The van der Waals surface area contributed by atoms with Gasteiger partial charge in [0.2, 0.25) is 0 Å². The molecule has 0 heterocycles. The van der Waals surface area contributed by atoms with E-state index in [2.05, 4.69) is 15.9 Å². The number of nitrogens with two attached hydrogens (primary N) is 1. The number of halogens is 3. The summed E-state index contributed by atoms with van der Waals surface area (Å²) in [4.78, 5) is 0. The fourth-order valence-corrected chi connectivity index (χ4v) is 2.70. The highest BCUT2D eigenvalue weighted by atomic mass is 79.9. The minimum atomic E-state index is -0.523. The lowest BCUT2D eigenvalue weighted by atomic mass is 9.94. The van der Waals surface area contributed by atoms with Crippen LogP contribution in [0.3, 0.4) is 0 Å². The summed E-state index contributed by atoms with van der Waals surface area (Å²) in [5, 5.41) is 0.485. The Balaban J connectivity index is 2.52. The molecule has 0 spiro atoms. The minimum Gasteiger partial charge on any atom is -0.320 e. The number of hydrogen-bond acceptors (Lipinski definition) is 1. The molecule has 2 N–H and O–H groups in total. The Morgan fingerprint density at radius 2 is 1.79 bits per heavy atom. The predicted octanol–water partition coefficient (Wildman–Crippen LogP) is 4.91. The fourth-order valence-electron chi connectivity index (χ4n) is 2.06. The topological polar surface area (TPSA) is 26.0 Å². The SMILES string of the molecule is Cc1cc(C(N)c2cc(Cl)ccc2F)c(C)cc1Br. The standard InChI is InChI=1S/C15H14BrClFN/c1-8-6-13(16)9(2)5-11(8)15(19)12-7-10(17)3-4-14(12)18/h3-7,15H,19H2,1-2H3. The largest absolute Gasteiger partial charge is 0.320 e. The summed E-state index contributed by atoms with van der Waals surface area (Å²) in [6.07, 6.45) is 0. The second kappa shape index (κ2) is 5.61. The lowest BCUT2D eigenvalue weighted by Gasteiger charge is -2.17. The van der Waals surface area contributed by atoms with Crippen LogP contribution in [0, 0.1) is 19.7 Å². The maximum atomic E-state index is 13.9. The van der Waals surface area contributed by atoms with Crippen LogP contribution < -0.4 is 5.73 Å². The van der Waals surface area contributed by atoms with Crippen molar-refractivity contribution in [3.8, 4) is 0 Å². The highest BCUT2D eigenvalue weighted by Gasteiger charge is 2.17. The quantitative estimate of drug-likeness (QED) is 0.825. The van der Waals surface area contributed by atoms with E-state index in [0.717, 1.165) is 21.2 Å². The molecule has 0 saturated heterocycles. The molecule has 0 saturated carbocycles.